The first-order valence-electron chi connectivity index (χ1n) is 11.5. The lowest BCUT2D eigenvalue weighted by atomic mass is 10.1. The highest BCUT2D eigenvalue weighted by molar-refractivity contribution is 5.73. The maximum atomic E-state index is 11.4. The van der Waals surface area contributed by atoms with Crippen molar-refractivity contribution < 1.29 is 33.2 Å². The molecule has 1 amide bonds. The molecule has 38 heavy (non-hydrogen) atoms. The van der Waals surface area contributed by atoms with Gasteiger partial charge in [-0.2, -0.15) is 5.01 Å². The van der Waals surface area contributed by atoms with Gasteiger partial charge < -0.3 is 28.4 Å². The summed E-state index contributed by atoms with van der Waals surface area (Å²) in [5.41, 5.74) is 3.31. The van der Waals surface area contributed by atoms with Crippen molar-refractivity contribution in [1.29, 1.82) is 0 Å². The van der Waals surface area contributed by atoms with E-state index in [-0.39, 0.29) is 0 Å². The van der Waals surface area contributed by atoms with Crippen LogP contribution >= 0.6 is 0 Å². The third-order valence-electron chi connectivity index (χ3n) is 5.41. The maximum absolute atomic E-state index is 11.4. The Hall–Kier alpha value is -4.73. The van der Waals surface area contributed by atoms with Crippen molar-refractivity contribution >= 4 is 23.9 Å². The number of amides is 1. The van der Waals surface area contributed by atoms with Gasteiger partial charge in [-0.05, 0) is 53.1 Å². The molecule has 0 aliphatic rings. The summed E-state index contributed by atoms with van der Waals surface area (Å²) in [4.78, 5) is 11.4. The molecule has 0 saturated heterocycles. The zero-order chi connectivity index (χ0) is 27.5. The van der Waals surface area contributed by atoms with Gasteiger partial charge in [0.25, 0.3) is 0 Å². The van der Waals surface area contributed by atoms with E-state index in [2.05, 4.69) is 15.1 Å². The fraction of sp³-hybridized carbons (Fsp3) is 0.250. The zero-order valence-electron chi connectivity index (χ0n) is 22.3. The van der Waals surface area contributed by atoms with Gasteiger partial charge in [0, 0.05) is 7.05 Å². The molecule has 0 aromatic heterocycles. The van der Waals surface area contributed by atoms with Crippen LogP contribution in [0.2, 0.25) is 0 Å². The monoisotopic (exact) mass is 521 g/mol. The Labute approximate surface area is 222 Å². The fourth-order valence-electron chi connectivity index (χ4n) is 3.41. The molecule has 3 aromatic carbocycles. The predicted molar refractivity (Wildman–Crippen MR) is 143 cm³/mol. The van der Waals surface area contributed by atoms with Crippen molar-refractivity contribution in [3.8, 4) is 28.7 Å². The molecule has 0 fully saturated rings. The summed E-state index contributed by atoms with van der Waals surface area (Å²) in [6.07, 6.45) is 3.30. The van der Waals surface area contributed by atoms with Gasteiger partial charge in [-0.3, -0.25) is 0 Å². The molecule has 3 rings (SSSR count). The van der Waals surface area contributed by atoms with E-state index in [0.29, 0.717) is 41.0 Å². The van der Waals surface area contributed by atoms with Crippen LogP contribution in [0.4, 0.5) is 10.5 Å². The molecule has 0 heterocycles. The Morgan fingerprint density at radius 1 is 0.763 bits per heavy atom. The van der Waals surface area contributed by atoms with E-state index in [9.17, 15) is 4.79 Å². The van der Waals surface area contributed by atoms with Crippen molar-refractivity contribution in [2.45, 2.75) is 6.61 Å². The molecule has 0 atom stereocenters. The third-order valence-corrected chi connectivity index (χ3v) is 5.41. The molecule has 200 valence electrons. The lowest BCUT2D eigenvalue weighted by Crippen LogP contribution is -2.19. The number of rotatable bonds is 11. The van der Waals surface area contributed by atoms with Gasteiger partial charge in [-0.25, -0.2) is 4.79 Å². The highest BCUT2D eigenvalue weighted by atomic mass is 16.5. The summed E-state index contributed by atoms with van der Waals surface area (Å²) in [6.45, 7) is 0.315. The topological polar surface area (TPSA) is 100 Å². The lowest BCUT2D eigenvalue weighted by Gasteiger charge is -2.13. The Morgan fingerprint density at radius 3 is 1.95 bits per heavy atom. The van der Waals surface area contributed by atoms with E-state index in [1.165, 1.54) is 14.2 Å². The number of carbonyl (C=O) groups is 1. The van der Waals surface area contributed by atoms with Gasteiger partial charge in [-0.1, -0.05) is 35.6 Å². The van der Waals surface area contributed by atoms with E-state index in [1.54, 1.807) is 40.6 Å². The second-order valence-electron chi connectivity index (χ2n) is 7.84. The van der Waals surface area contributed by atoms with Crippen LogP contribution in [0.25, 0.3) is 12.2 Å². The van der Waals surface area contributed by atoms with Gasteiger partial charge in [0.2, 0.25) is 5.75 Å². The van der Waals surface area contributed by atoms with E-state index < -0.39 is 6.09 Å². The van der Waals surface area contributed by atoms with E-state index >= 15 is 0 Å². The fourth-order valence-corrected chi connectivity index (χ4v) is 3.41. The first-order chi connectivity index (χ1) is 18.4. The number of ether oxygens (including phenoxy) is 6. The van der Waals surface area contributed by atoms with Crippen LogP contribution in [-0.4, -0.2) is 53.7 Å². The van der Waals surface area contributed by atoms with Gasteiger partial charge in [0.15, 0.2) is 23.0 Å². The minimum atomic E-state index is -0.603. The summed E-state index contributed by atoms with van der Waals surface area (Å²) in [5.74, 6) is 2.91. The minimum absolute atomic E-state index is 0.315. The largest absolute Gasteiger partial charge is 0.493 e. The summed E-state index contributed by atoms with van der Waals surface area (Å²) in [7, 11) is 9.07. The molecule has 0 spiro atoms. The minimum Gasteiger partial charge on any atom is -0.493 e. The molecule has 0 aliphatic carbocycles. The smallest absolute Gasteiger partial charge is 0.431 e. The first-order valence-corrected chi connectivity index (χ1v) is 11.5. The number of nitrogens with zero attached hydrogens (tertiary/aromatic N) is 3. The van der Waals surface area contributed by atoms with Crippen LogP contribution in [0.5, 0.6) is 28.7 Å². The number of hydrogen-bond donors (Lipinski definition) is 0. The maximum Gasteiger partial charge on any atom is 0.431 e. The molecular weight excluding hydrogens is 490 g/mol. The Bertz CT molecular complexity index is 1270. The number of benzene rings is 3. The molecule has 0 N–H and O–H groups in total. The second-order valence-corrected chi connectivity index (χ2v) is 7.84. The summed E-state index contributed by atoms with van der Waals surface area (Å²) in [6, 6.07) is 16.7. The van der Waals surface area contributed by atoms with E-state index in [0.717, 1.165) is 21.7 Å². The molecule has 0 radical (unpaired) electrons. The third kappa shape index (κ3) is 7.16. The van der Waals surface area contributed by atoms with Gasteiger partial charge >= 0.3 is 6.09 Å². The van der Waals surface area contributed by atoms with Crippen molar-refractivity contribution in [2.24, 2.45) is 10.3 Å². The summed E-state index contributed by atoms with van der Waals surface area (Å²) >= 11 is 0. The van der Waals surface area contributed by atoms with Crippen molar-refractivity contribution in [2.75, 3.05) is 42.6 Å². The standard InChI is InChI=1S/C28H31N3O7/c1-31(28(32)37-6)30-29-22-12-9-20(10-13-22)18-38-24-15-19(11-14-23(24)33-2)7-8-21-16-25(34-3)27(36-5)26(17-21)35-4/h7-17H,18H2,1-6H3/b8-7-,30-29?. The molecule has 10 nitrogen and oxygen atoms in total. The molecule has 0 aliphatic heterocycles. The van der Waals surface area contributed by atoms with Crippen LogP contribution in [0.1, 0.15) is 16.7 Å². The number of carbonyl (C=O) groups excluding carboxylic acids is 1. The highest BCUT2D eigenvalue weighted by Crippen LogP contribution is 2.39. The predicted octanol–water partition coefficient (Wildman–Crippen LogP) is 6.17. The second kappa shape index (κ2) is 13.5. The summed E-state index contributed by atoms with van der Waals surface area (Å²) in [5, 5.41) is 8.81. The normalized spacial score (nSPS) is 10.9. The summed E-state index contributed by atoms with van der Waals surface area (Å²) < 4.78 is 32.4. The Balaban J connectivity index is 1.72. The van der Waals surface area contributed by atoms with Crippen molar-refractivity contribution in [3.63, 3.8) is 0 Å². The first kappa shape index (κ1) is 27.9. The van der Waals surface area contributed by atoms with Gasteiger partial charge in [-0.15, -0.1) is 5.11 Å². The molecule has 3 aromatic rings. The zero-order valence-corrected chi connectivity index (χ0v) is 22.3. The Kier molecular flexibility index (Phi) is 9.93. The van der Waals surface area contributed by atoms with Crippen molar-refractivity contribution in [3.05, 3.63) is 71.3 Å². The average molecular weight is 522 g/mol. The molecular formula is C28H31N3O7. The van der Waals surface area contributed by atoms with Crippen molar-refractivity contribution in [1.82, 2.24) is 5.01 Å². The molecule has 0 saturated carbocycles. The van der Waals surface area contributed by atoms with Crippen LogP contribution in [-0.2, 0) is 11.3 Å². The molecule has 0 unspecified atom stereocenters. The highest BCUT2D eigenvalue weighted by Gasteiger charge is 2.12. The van der Waals surface area contributed by atoms with Gasteiger partial charge in [0.05, 0.1) is 41.2 Å². The molecule has 0 bridgehead atoms. The van der Waals surface area contributed by atoms with Crippen LogP contribution in [0.15, 0.2) is 64.9 Å². The quantitative estimate of drug-likeness (QED) is 0.169. The van der Waals surface area contributed by atoms with Crippen LogP contribution in [0, 0.1) is 0 Å². The Morgan fingerprint density at radius 2 is 1.37 bits per heavy atom. The average Bonchev–Trinajstić information content (AvgIpc) is 2.96. The molecule has 10 heteroatoms. The van der Waals surface area contributed by atoms with E-state index in [1.807, 2.05) is 54.6 Å². The van der Waals surface area contributed by atoms with E-state index in [4.69, 9.17) is 23.7 Å². The lowest BCUT2D eigenvalue weighted by molar-refractivity contribution is 0.132. The van der Waals surface area contributed by atoms with Crippen LogP contribution < -0.4 is 23.7 Å². The van der Waals surface area contributed by atoms with Crippen LogP contribution in [0.3, 0.4) is 0 Å². The number of methoxy groups -OCH3 is 5. The SMILES string of the molecule is COC(=O)N(C)N=Nc1ccc(COc2cc(/C=C\c3cc(OC)c(OC)c(OC)c3)ccc2OC)cc1. The van der Waals surface area contributed by atoms with Gasteiger partial charge in [0.1, 0.15) is 6.61 Å². The number of hydrogen-bond acceptors (Lipinski definition) is 9.